The van der Waals surface area contributed by atoms with Crippen molar-refractivity contribution < 1.29 is 9.53 Å². The molecule has 1 fully saturated rings. The molecule has 3 rings (SSSR count). The number of nitrogens with one attached hydrogen (secondary N) is 1. The molecule has 0 atom stereocenters. The summed E-state index contributed by atoms with van der Waals surface area (Å²) in [5.74, 6) is 0.962. The zero-order valence-corrected chi connectivity index (χ0v) is 15.9. The second kappa shape index (κ2) is 8.32. The summed E-state index contributed by atoms with van der Waals surface area (Å²) in [5, 5.41) is 3.91. The third-order valence-electron chi connectivity index (χ3n) is 4.77. The zero-order valence-electron chi connectivity index (χ0n) is 15.2. The average molecular weight is 374 g/mol. The zero-order chi connectivity index (χ0) is 18.5. The maximum atomic E-state index is 12.5. The Hall–Kier alpha value is -2.40. The van der Waals surface area contributed by atoms with Crippen molar-refractivity contribution in [2.45, 2.75) is 6.92 Å². The number of hydrogen-bond acceptors (Lipinski definition) is 4. The summed E-state index contributed by atoms with van der Waals surface area (Å²) in [5.41, 5.74) is 3.03. The van der Waals surface area contributed by atoms with Gasteiger partial charge in [0.15, 0.2) is 0 Å². The molecule has 1 aliphatic rings. The highest BCUT2D eigenvalue weighted by Gasteiger charge is 2.21. The molecule has 1 aliphatic heterocycles. The van der Waals surface area contributed by atoms with Gasteiger partial charge in [-0.25, -0.2) is 0 Å². The van der Waals surface area contributed by atoms with Crippen molar-refractivity contribution in [3.05, 3.63) is 53.1 Å². The van der Waals surface area contributed by atoms with Crippen LogP contribution in [-0.4, -0.2) is 50.6 Å². The molecule has 2 aromatic carbocycles. The molecule has 0 radical (unpaired) electrons. The number of benzene rings is 2. The Morgan fingerprint density at radius 2 is 1.81 bits per heavy atom. The van der Waals surface area contributed by atoms with Crippen LogP contribution in [0.1, 0.15) is 5.56 Å². The summed E-state index contributed by atoms with van der Waals surface area (Å²) in [6.45, 7) is 5.33. The molecule has 0 bridgehead atoms. The Labute approximate surface area is 159 Å². The number of piperazine rings is 1. The van der Waals surface area contributed by atoms with Crippen molar-refractivity contribution in [2.24, 2.45) is 0 Å². The summed E-state index contributed by atoms with van der Waals surface area (Å²) in [6.07, 6.45) is 0. The molecule has 1 amide bonds. The number of anilines is 2. The number of nitrogens with zero attached hydrogens (tertiary/aromatic N) is 2. The maximum Gasteiger partial charge on any atom is 0.241 e. The standard InChI is InChI=1S/C20H24ClN3O2/c1-15-18(21)4-3-5-19(15)22-14-20(25)24-12-10-23(11-13-24)16-6-8-17(26-2)9-7-16/h3-9,22H,10-14H2,1-2H3. The number of amides is 1. The van der Waals surface area contributed by atoms with Gasteiger partial charge < -0.3 is 19.9 Å². The molecule has 2 aromatic rings. The van der Waals surface area contributed by atoms with E-state index >= 15 is 0 Å². The third kappa shape index (κ3) is 4.22. The molecule has 138 valence electrons. The Morgan fingerprint density at radius 1 is 1.12 bits per heavy atom. The molecule has 5 nitrogen and oxygen atoms in total. The predicted octanol–water partition coefficient (Wildman–Crippen LogP) is 3.42. The van der Waals surface area contributed by atoms with E-state index in [0.29, 0.717) is 5.02 Å². The van der Waals surface area contributed by atoms with Gasteiger partial charge in [0.1, 0.15) is 5.75 Å². The van der Waals surface area contributed by atoms with Crippen LogP contribution in [0, 0.1) is 6.92 Å². The Balaban J connectivity index is 1.51. The van der Waals surface area contributed by atoms with E-state index in [-0.39, 0.29) is 12.5 Å². The average Bonchev–Trinajstić information content (AvgIpc) is 2.69. The lowest BCUT2D eigenvalue weighted by Crippen LogP contribution is -2.50. The molecule has 0 aliphatic carbocycles. The minimum Gasteiger partial charge on any atom is -0.497 e. The number of hydrogen-bond donors (Lipinski definition) is 1. The largest absolute Gasteiger partial charge is 0.497 e. The number of halogens is 1. The summed E-state index contributed by atoms with van der Waals surface area (Å²) in [7, 11) is 1.66. The predicted molar refractivity (Wildman–Crippen MR) is 106 cm³/mol. The van der Waals surface area contributed by atoms with E-state index < -0.39 is 0 Å². The highest BCUT2D eigenvalue weighted by atomic mass is 35.5. The number of rotatable bonds is 5. The SMILES string of the molecule is COc1ccc(N2CCN(C(=O)CNc3cccc(Cl)c3C)CC2)cc1. The van der Waals surface area contributed by atoms with Crippen molar-refractivity contribution in [3.8, 4) is 5.75 Å². The van der Waals surface area contributed by atoms with Gasteiger partial charge in [0.05, 0.1) is 13.7 Å². The first-order valence-corrected chi connectivity index (χ1v) is 9.12. The van der Waals surface area contributed by atoms with Crippen molar-refractivity contribution >= 4 is 28.9 Å². The monoisotopic (exact) mass is 373 g/mol. The third-order valence-corrected chi connectivity index (χ3v) is 5.18. The van der Waals surface area contributed by atoms with Crippen LogP contribution in [-0.2, 0) is 4.79 Å². The first-order chi connectivity index (χ1) is 12.6. The highest BCUT2D eigenvalue weighted by Crippen LogP contribution is 2.23. The lowest BCUT2D eigenvalue weighted by Gasteiger charge is -2.36. The van der Waals surface area contributed by atoms with Crippen LogP contribution in [0.4, 0.5) is 11.4 Å². The number of methoxy groups -OCH3 is 1. The van der Waals surface area contributed by atoms with Crippen LogP contribution in [0.5, 0.6) is 5.75 Å². The van der Waals surface area contributed by atoms with E-state index in [4.69, 9.17) is 16.3 Å². The Morgan fingerprint density at radius 3 is 2.46 bits per heavy atom. The van der Waals surface area contributed by atoms with Crippen LogP contribution in [0.3, 0.4) is 0 Å². The molecule has 1 heterocycles. The topological polar surface area (TPSA) is 44.8 Å². The van der Waals surface area contributed by atoms with Crippen LogP contribution in [0.2, 0.25) is 5.02 Å². The number of carbonyl (C=O) groups is 1. The van der Waals surface area contributed by atoms with Gasteiger partial charge in [-0.1, -0.05) is 17.7 Å². The van der Waals surface area contributed by atoms with E-state index in [1.165, 1.54) is 0 Å². The lowest BCUT2D eigenvalue weighted by atomic mass is 10.2. The molecule has 6 heteroatoms. The highest BCUT2D eigenvalue weighted by molar-refractivity contribution is 6.31. The van der Waals surface area contributed by atoms with Gasteiger partial charge in [-0.05, 0) is 48.9 Å². The van der Waals surface area contributed by atoms with Gasteiger partial charge in [0.25, 0.3) is 0 Å². The minimum absolute atomic E-state index is 0.110. The molecular weight excluding hydrogens is 350 g/mol. The number of ether oxygens (including phenoxy) is 1. The molecule has 0 aromatic heterocycles. The van der Waals surface area contributed by atoms with E-state index in [2.05, 4.69) is 22.3 Å². The summed E-state index contributed by atoms with van der Waals surface area (Å²) in [6, 6.07) is 13.7. The molecule has 0 spiro atoms. The van der Waals surface area contributed by atoms with Gasteiger partial charge in [-0.15, -0.1) is 0 Å². The van der Waals surface area contributed by atoms with Crippen molar-refractivity contribution in [3.63, 3.8) is 0 Å². The normalized spacial score (nSPS) is 14.3. The lowest BCUT2D eigenvalue weighted by molar-refractivity contribution is -0.129. The molecule has 1 saturated heterocycles. The first-order valence-electron chi connectivity index (χ1n) is 8.74. The van der Waals surface area contributed by atoms with Gasteiger partial charge in [0.2, 0.25) is 5.91 Å². The maximum absolute atomic E-state index is 12.5. The first kappa shape index (κ1) is 18.4. The van der Waals surface area contributed by atoms with Crippen molar-refractivity contribution in [1.82, 2.24) is 4.90 Å². The Kier molecular flexibility index (Phi) is 5.89. The minimum atomic E-state index is 0.110. The fraction of sp³-hybridized carbons (Fsp3) is 0.350. The Bertz CT molecular complexity index is 756. The quantitative estimate of drug-likeness (QED) is 0.872. The molecule has 0 saturated carbocycles. The molecule has 1 N–H and O–H groups in total. The van der Waals surface area contributed by atoms with Gasteiger partial charge in [0, 0.05) is 42.6 Å². The summed E-state index contributed by atoms with van der Waals surface area (Å²) in [4.78, 5) is 16.7. The van der Waals surface area contributed by atoms with Crippen molar-refractivity contribution in [2.75, 3.05) is 50.1 Å². The molecule has 0 unspecified atom stereocenters. The molecular formula is C20H24ClN3O2. The van der Waals surface area contributed by atoms with Crippen LogP contribution >= 0.6 is 11.6 Å². The van der Waals surface area contributed by atoms with Gasteiger partial charge in [-0.2, -0.15) is 0 Å². The smallest absolute Gasteiger partial charge is 0.241 e. The van der Waals surface area contributed by atoms with Gasteiger partial charge >= 0.3 is 0 Å². The number of carbonyl (C=O) groups excluding carboxylic acids is 1. The van der Waals surface area contributed by atoms with E-state index in [1.54, 1.807) is 7.11 Å². The molecule has 26 heavy (non-hydrogen) atoms. The van der Waals surface area contributed by atoms with E-state index in [9.17, 15) is 4.79 Å². The van der Waals surface area contributed by atoms with Crippen molar-refractivity contribution in [1.29, 1.82) is 0 Å². The second-order valence-corrected chi connectivity index (χ2v) is 6.74. The second-order valence-electron chi connectivity index (χ2n) is 6.33. The van der Waals surface area contributed by atoms with E-state index in [0.717, 1.165) is 48.9 Å². The van der Waals surface area contributed by atoms with Crippen LogP contribution in [0.25, 0.3) is 0 Å². The fourth-order valence-electron chi connectivity index (χ4n) is 3.09. The van der Waals surface area contributed by atoms with Crippen LogP contribution in [0.15, 0.2) is 42.5 Å². The summed E-state index contributed by atoms with van der Waals surface area (Å²) < 4.78 is 5.20. The van der Waals surface area contributed by atoms with Crippen LogP contribution < -0.4 is 15.0 Å². The van der Waals surface area contributed by atoms with Gasteiger partial charge in [-0.3, -0.25) is 4.79 Å². The van der Waals surface area contributed by atoms with E-state index in [1.807, 2.05) is 42.2 Å². The fourth-order valence-corrected chi connectivity index (χ4v) is 3.26. The summed E-state index contributed by atoms with van der Waals surface area (Å²) >= 11 is 6.12.